The molecule has 0 aliphatic carbocycles. The zero-order valence-electron chi connectivity index (χ0n) is 14.9. The fourth-order valence-corrected chi connectivity index (χ4v) is 4.95. The molecule has 148 valence electrons. The van der Waals surface area contributed by atoms with Crippen LogP contribution in [-0.4, -0.2) is 34.3 Å². The summed E-state index contributed by atoms with van der Waals surface area (Å²) in [5.41, 5.74) is 2.42. The van der Waals surface area contributed by atoms with Gasteiger partial charge in [-0.15, -0.1) is 10.2 Å². The van der Waals surface area contributed by atoms with E-state index in [0.717, 1.165) is 12.1 Å². The Kier molecular flexibility index (Phi) is 6.05. The average molecular weight is 465 g/mol. The molecule has 0 atom stereocenters. The first-order valence-electron chi connectivity index (χ1n) is 8.62. The van der Waals surface area contributed by atoms with Crippen molar-refractivity contribution in [1.82, 2.24) is 10.2 Å². The van der Waals surface area contributed by atoms with Crippen LogP contribution in [0.25, 0.3) is 0 Å². The number of aromatic nitrogens is 2. The minimum atomic E-state index is -0.421. The Hall–Kier alpha value is -2.13. The second-order valence-electron chi connectivity index (χ2n) is 6.16. The summed E-state index contributed by atoms with van der Waals surface area (Å²) in [5.74, 6) is -0.154. The molecule has 4 rings (SSSR count). The number of hydrogen-bond donors (Lipinski definition) is 1. The SMILES string of the molecule is O=C(Nc1nnc(SCC(=O)N2CCc3ccccc32)s1)c1cc(Cl)ccc1Cl. The van der Waals surface area contributed by atoms with Crippen molar-refractivity contribution in [3.8, 4) is 0 Å². The van der Waals surface area contributed by atoms with E-state index in [1.807, 2.05) is 24.3 Å². The highest BCUT2D eigenvalue weighted by Crippen LogP contribution is 2.31. The first-order chi connectivity index (χ1) is 14.0. The molecule has 3 aromatic rings. The molecule has 0 bridgehead atoms. The molecule has 0 saturated heterocycles. The number of thioether (sulfide) groups is 1. The molecule has 0 fully saturated rings. The molecule has 10 heteroatoms. The predicted octanol–water partition coefficient (Wildman–Crippen LogP) is 4.78. The van der Waals surface area contributed by atoms with E-state index in [2.05, 4.69) is 15.5 Å². The Bertz CT molecular complexity index is 1090. The topological polar surface area (TPSA) is 75.2 Å². The van der Waals surface area contributed by atoms with Gasteiger partial charge in [-0.2, -0.15) is 0 Å². The number of amides is 2. The summed E-state index contributed by atoms with van der Waals surface area (Å²) >= 11 is 14.5. The Morgan fingerprint density at radius 1 is 1.17 bits per heavy atom. The molecule has 0 unspecified atom stereocenters. The Balaban J connectivity index is 1.36. The van der Waals surface area contributed by atoms with Crippen LogP contribution in [0.1, 0.15) is 15.9 Å². The first kappa shape index (κ1) is 20.2. The van der Waals surface area contributed by atoms with Crippen LogP contribution in [0.15, 0.2) is 46.8 Å². The van der Waals surface area contributed by atoms with Gasteiger partial charge in [-0.25, -0.2) is 0 Å². The van der Waals surface area contributed by atoms with Crippen molar-refractivity contribution < 1.29 is 9.59 Å². The number of anilines is 2. The fraction of sp³-hybridized carbons (Fsp3) is 0.158. The second kappa shape index (κ2) is 8.71. The third-order valence-electron chi connectivity index (χ3n) is 4.31. The van der Waals surface area contributed by atoms with Gasteiger partial charge in [0.15, 0.2) is 4.34 Å². The van der Waals surface area contributed by atoms with Gasteiger partial charge in [-0.05, 0) is 36.2 Å². The van der Waals surface area contributed by atoms with Crippen molar-refractivity contribution in [2.24, 2.45) is 0 Å². The van der Waals surface area contributed by atoms with E-state index in [0.29, 0.717) is 26.1 Å². The normalized spacial score (nSPS) is 12.7. The van der Waals surface area contributed by atoms with Crippen LogP contribution in [0, 0.1) is 0 Å². The van der Waals surface area contributed by atoms with E-state index in [1.54, 1.807) is 17.0 Å². The third-order valence-corrected chi connectivity index (χ3v) is 6.83. The second-order valence-corrected chi connectivity index (χ2v) is 9.21. The highest BCUT2D eigenvalue weighted by atomic mass is 35.5. The highest BCUT2D eigenvalue weighted by molar-refractivity contribution is 8.01. The lowest BCUT2D eigenvalue weighted by Crippen LogP contribution is -2.30. The van der Waals surface area contributed by atoms with Gasteiger partial charge in [-0.3, -0.25) is 14.9 Å². The van der Waals surface area contributed by atoms with Crippen molar-refractivity contribution in [3.05, 3.63) is 63.6 Å². The maximum Gasteiger partial charge on any atom is 0.259 e. The average Bonchev–Trinajstić information content (AvgIpc) is 3.34. The lowest BCUT2D eigenvalue weighted by molar-refractivity contribution is -0.116. The summed E-state index contributed by atoms with van der Waals surface area (Å²) in [7, 11) is 0. The van der Waals surface area contributed by atoms with Crippen LogP contribution >= 0.6 is 46.3 Å². The van der Waals surface area contributed by atoms with Gasteiger partial charge in [0.1, 0.15) is 0 Å². The maximum atomic E-state index is 12.6. The van der Waals surface area contributed by atoms with Gasteiger partial charge in [0, 0.05) is 17.3 Å². The van der Waals surface area contributed by atoms with Gasteiger partial charge < -0.3 is 4.90 Å². The van der Waals surface area contributed by atoms with Gasteiger partial charge >= 0.3 is 0 Å². The van der Waals surface area contributed by atoms with E-state index in [4.69, 9.17) is 23.2 Å². The van der Waals surface area contributed by atoms with Crippen LogP contribution in [0.2, 0.25) is 10.0 Å². The standard InChI is InChI=1S/C19H14Cl2N4O2S2/c20-12-5-6-14(21)13(9-12)17(27)22-18-23-24-19(29-18)28-10-16(26)25-8-7-11-3-1-2-4-15(11)25/h1-6,9H,7-8,10H2,(H,22,23,27). The molecule has 0 saturated carbocycles. The lowest BCUT2D eigenvalue weighted by Gasteiger charge is -2.16. The molecule has 1 aliphatic rings. The highest BCUT2D eigenvalue weighted by Gasteiger charge is 2.24. The molecule has 6 nitrogen and oxygen atoms in total. The molecular formula is C19H14Cl2N4O2S2. The molecule has 29 heavy (non-hydrogen) atoms. The van der Waals surface area contributed by atoms with Crippen molar-refractivity contribution in [1.29, 1.82) is 0 Å². The van der Waals surface area contributed by atoms with Crippen LogP contribution in [0.3, 0.4) is 0 Å². The van der Waals surface area contributed by atoms with Crippen LogP contribution < -0.4 is 10.2 Å². The van der Waals surface area contributed by atoms with Crippen molar-refractivity contribution in [2.75, 3.05) is 22.5 Å². The number of carbonyl (C=O) groups excluding carboxylic acids is 2. The zero-order valence-corrected chi connectivity index (χ0v) is 18.0. The van der Waals surface area contributed by atoms with Crippen LogP contribution in [0.5, 0.6) is 0 Å². The van der Waals surface area contributed by atoms with Crippen LogP contribution in [-0.2, 0) is 11.2 Å². The summed E-state index contributed by atoms with van der Waals surface area (Å²) in [6.07, 6.45) is 0.869. The van der Waals surface area contributed by atoms with Crippen molar-refractivity contribution in [2.45, 2.75) is 10.8 Å². The minimum Gasteiger partial charge on any atom is -0.311 e. The Morgan fingerprint density at radius 3 is 2.86 bits per heavy atom. The van der Waals surface area contributed by atoms with Gasteiger partial charge in [-0.1, -0.05) is 64.5 Å². The third kappa shape index (κ3) is 4.56. The number of halogens is 2. The number of hydrogen-bond acceptors (Lipinski definition) is 6. The number of para-hydroxylation sites is 1. The predicted molar refractivity (Wildman–Crippen MR) is 118 cm³/mol. The summed E-state index contributed by atoms with van der Waals surface area (Å²) in [4.78, 5) is 26.8. The largest absolute Gasteiger partial charge is 0.311 e. The van der Waals surface area contributed by atoms with Gasteiger partial charge in [0.2, 0.25) is 11.0 Å². The molecule has 1 aliphatic heterocycles. The number of carbonyl (C=O) groups is 2. The number of nitrogens with zero attached hydrogens (tertiary/aromatic N) is 3. The maximum absolute atomic E-state index is 12.6. The number of rotatable bonds is 5. The molecule has 2 amide bonds. The van der Waals surface area contributed by atoms with Crippen molar-refractivity contribution in [3.63, 3.8) is 0 Å². The Labute approximate surface area is 185 Å². The van der Waals surface area contributed by atoms with E-state index >= 15 is 0 Å². The number of benzene rings is 2. The summed E-state index contributed by atoms with van der Waals surface area (Å²) in [6.45, 7) is 0.691. The smallest absolute Gasteiger partial charge is 0.259 e. The minimum absolute atomic E-state index is 0.0199. The molecule has 1 N–H and O–H groups in total. The molecule has 0 spiro atoms. The van der Waals surface area contributed by atoms with E-state index < -0.39 is 5.91 Å². The molecule has 1 aromatic heterocycles. The Morgan fingerprint density at radius 2 is 2.00 bits per heavy atom. The monoisotopic (exact) mass is 464 g/mol. The number of fused-ring (bicyclic) bond motifs is 1. The quantitative estimate of drug-likeness (QED) is 0.434. The van der Waals surface area contributed by atoms with Crippen molar-refractivity contribution >= 4 is 68.9 Å². The summed E-state index contributed by atoms with van der Waals surface area (Å²) < 4.78 is 0.596. The van der Waals surface area contributed by atoms with Gasteiger partial charge in [0.25, 0.3) is 5.91 Å². The molecule has 2 heterocycles. The van der Waals surface area contributed by atoms with E-state index in [-0.39, 0.29) is 17.2 Å². The summed E-state index contributed by atoms with van der Waals surface area (Å²) in [5, 5.41) is 11.7. The first-order valence-corrected chi connectivity index (χ1v) is 11.2. The number of nitrogens with one attached hydrogen (secondary N) is 1. The molecular weight excluding hydrogens is 451 g/mol. The van der Waals surface area contributed by atoms with Gasteiger partial charge in [0.05, 0.1) is 16.3 Å². The van der Waals surface area contributed by atoms with E-state index in [1.165, 1.54) is 34.7 Å². The van der Waals surface area contributed by atoms with E-state index in [9.17, 15) is 9.59 Å². The zero-order chi connectivity index (χ0) is 20.4. The lowest BCUT2D eigenvalue weighted by atomic mass is 10.2. The van der Waals surface area contributed by atoms with Crippen LogP contribution in [0.4, 0.5) is 10.8 Å². The molecule has 0 radical (unpaired) electrons. The fourth-order valence-electron chi connectivity index (χ4n) is 2.95. The summed E-state index contributed by atoms with van der Waals surface area (Å²) in [6, 6.07) is 12.6. The molecule has 2 aromatic carbocycles.